The molecule has 34 heavy (non-hydrogen) atoms. The van der Waals surface area contributed by atoms with Crippen molar-refractivity contribution >= 4 is 37.1 Å². The van der Waals surface area contributed by atoms with Crippen LogP contribution in [0.5, 0.6) is 11.5 Å². The number of rotatable bonds is 5. The van der Waals surface area contributed by atoms with E-state index in [-0.39, 0.29) is 26.6 Å². The van der Waals surface area contributed by atoms with Crippen LogP contribution in [-0.4, -0.2) is 65.4 Å². The molecule has 2 fully saturated rings. The number of hydrogen-bond donors (Lipinski definition) is 0. The average Bonchev–Trinajstić information content (AvgIpc) is 3.53. The predicted molar refractivity (Wildman–Crippen MR) is 123 cm³/mol. The van der Waals surface area contributed by atoms with E-state index in [1.807, 2.05) is 48.5 Å². The first-order valence-corrected chi connectivity index (χ1v) is 12.8. The van der Waals surface area contributed by atoms with Crippen LogP contribution >= 0.6 is 0 Å². The minimum atomic E-state index is -1.25. The van der Waals surface area contributed by atoms with Crippen molar-refractivity contribution in [1.82, 2.24) is 4.90 Å². The number of esters is 1. The second-order valence-corrected chi connectivity index (χ2v) is 11.3. The normalized spacial score (nSPS) is 30.1. The molecule has 1 saturated heterocycles. The Morgan fingerprint density at radius 2 is 1.74 bits per heavy atom. The van der Waals surface area contributed by atoms with E-state index < -0.39 is 28.8 Å². The number of ether oxygens (including phenoxy) is 3. The third-order valence-electron chi connectivity index (χ3n) is 7.78. The van der Waals surface area contributed by atoms with E-state index in [0.717, 1.165) is 15.6 Å². The number of amides is 1. The van der Waals surface area contributed by atoms with Gasteiger partial charge in [0.1, 0.15) is 0 Å². The summed E-state index contributed by atoms with van der Waals surface area (Å²) in [6.45, 7) is 0.458. The average molecular weight is 524 g/mol. The number of benzene rings is 2. The van der Waals surface area contributed by atoms with Crippen LogP contribution in [0.4, 0.5) is 0 Å². The first-order chi connectivity index (χ1) is 16.4. The monoisotopic (exact) mass is 525 g/mol. The summed E-state index contributed by atoms with van der Waals surface area (Å²) in [5, 5.41) is 0. The summed E-state index contributed by atoms with van der Waals surface area (Å²) in [5.74, 6) is -1.05. The van der Waals surface area contributed by atoms with E-state index in [9.17, 15) is 14.4 Å². The van der Waals surface area contributed by atoms with Gasteiger partial charge in [0.25, 0.3) is 0 Å². The number of Topliss-reactive ketones (excluding diaryl/α,β-unsaturated/α-hetero) is 1. The van der Waals surface area contributed by atoms with Crippen LogP contribution < -0.4 is 13.9 Å². The van der Waals surface area contributed by atoms with Crippen LogP contribution in [0.15, 0.2) is 53.0 Å². The molecule has 8 heteroatoms. The molecule has 2 aromatic carbocycles. The van der Waals surface area contributed by atoms with Gasteiger partial charge in [0.2, 0.25) is 0 Å². The molecule has 1 amide bonds. The molecule has 0 bridgehead atoms. The Bertz CT molecular complexity index is 1290. The molecule has 2 heterocycles. The van der Waals surface area contributed by atoms with E-state index in [2.05, 4.69) is 0 Å². The maximum atomic E-state index is 13.7. The Balaban J connectivity index is 1.64. The fourth-order valence-corrected chi connectivity index (χ4v) is 8.56. The molecule has 0 radical (unpaired) electrons. The van der Waals surface area contributed by atoms with Crippen molar-refractivity contribution in [3.63, 3.8) is 0 Å². The fourth-order valence-electron chi connectivity index (χ4n) is 6.46. The summed E-state index contributed by atoms with van der Waals surface area (Å²) in [6.07, 6.45) is 2.53. The van der Waals surface area contributed by atoms with Gasteiger partial charge in [0.05, 0.1) is 0 Å². The van der Waals surface area contributed by atoms with Gasteiger partial charge in [-0.15, -0.1) is 0 Å². The third-order valence-corrected chi connectivity index (χ3v) is 9.97. The number of allylic oxidation sites excluding steroid dienone is 1. The number of hydrogen-bond acceptors (Lipinski definition) is 6. The first kappa shape index (κ1) is 21.4. The van der Waals surface area contributed by atoms with Gasteiger partial charge < -0.3 is 0 Å². The molecule has 2 aliphatic carbocycles. The molecule has 1 saturated carbocycles. The summed E-state index contributed by atoms with van der Waals surface area (Å²) in [5.41, 5.74) is -0.539. The van der Waals surface area contributed by atoms with E-state index in [1.54, 1.807) is 19.1 Å². The number of carbonyl (C=O) groups excluding carboxylic acids is 3. The first-order valence-electron chi connectivity index (χ1n) is 11.1. The maximum absolute atomic E-state index is 13.7. The summed E-state index contributed by atoms with van der Waals surface area (Å²) in [6, 6.07) is 13.7. The van der Waals surface area contributed by atoms with Crippen LogP contribution in [0, 0.1) is 17.3 Å². The molecule has 0 aromatic heterocycles. The van der Waals surface area contributed by atoms with Gasteiger partial charge in [0.15, 0.2) is 0 Å². The third kappa shape index (κ3) is 2.35. The zero-order valence-electron chi connectivity index (χ0n) is 19.0. The van der Waals surface area contributed by atoms with Crippen LogP contribution in [0.3, 0.4) is 0 Å². The quantitative estimate of drug-likeness (QED) is 0.432. The topological polar surface area (TPSA) is 82.1 Å². The molecule has 2 aromatic rings. The van der Waals surface area contributed by atoms with Crippen molar-refractivity contribution in [1.29, 1.82) is 0 Å². The number of fused-ring (bicyclic) bond motifs is 2. The molecular formula is C26H23NO6Se. The van der Waals surface area contributed by atoms with E-state index in [1.165, 1.54) is 7.11 Å². The van der Waals surface area contributed by atoms with E-state index in [0.29, 0.717) is 28.9 Å². The Kier molecular flexibility index (Phi) is 4.54. The zero-order valence-corrected chi connectivity index (χ0v) is 20.7. The Hall–Kier alpha value is -3.09. The molecule has 0 N–H and O–H groups in total. The Morgan fingerprint density at radius 1 is 1.03 bits per heavy atom. The molecule has 4 atom stereocenters. The van der Waals surface area contributed by atoms with Crippen LogP contribution in [0.1, 0.15) is 11.1 Å². The van der Waals surface area contributed by atoms with Crippen molar-refractivity contribution in [3.8, 4) is 11.5 Å². The predicted octanol–water partition coefficient (Wildman–Crippen LogP) is 1.20. The van der Waals surface area contributed by atoms with Crippen molar-refractivity contribution < 1.29 is 28.6 Å². The fraction of sp³-hybridized carbons (Fsp3) is 0.346. The van der Waals surface area contributed by atoms with Crippen LogP contribution in [-0.2, 0) is 31.1 Å². The molecule has 1 unspecified atom stereocenters. The minimum absolute atomic E-state index is 0.106. The number of piperidine rings is 1. The van der Waals surface area contributed by atoms with Gasteiger partial charge in [-0.25, -0.2) is 0 Å². The molecule has 1 spiro atoms. The van der Waals surface area contributed by atoms with Gasteiger partial charge in [-0.2, -0.15) is 0 Å². The van der Waals surface area contributed by atoms with Crippen molar-refractivity contribution in [2.24, 2.45) is 17.3 Å². The van der Waals surface area contributed by atoms with Gasteiger partial charge in [-0.05, 0) is 0 Å². The molecular weight excluding hydrogens is 501 g/mol. The summed E-state index contributed by atoms with van der Waals surface area (Å²) in [4.78, 5) is 42.5. The van der Waals surface area contributed by atoms with Crippen LogP contribution in [0.2, 0.25) is 0 Å². The van der Waals surface area contributed by atoms with Crippen LogP contribution in [0.25, 0.3) is 0 Å². The molecule has 2 aliphatic heterocycles. The van der Waals surface area contributed by atoms with Gasteiger partial charge in [-0.3, -0.25) is 0 Å². The molecule has 6 rings (SSSR count). The standard InChI is InChI=1S/C26H23NO6Se/c1-31-17-11-14-9-10-27-23(29)21-20-22(28)19(34-15-7-5-4-6-8-15)13-25(27,16(14)12-18(17)32-2)26(20,21)24(30)33-3/h4-8,11-13,20-21H,9-10H2,1-3H3/t20-,21?,25-,26+/m1/s1. The Labute approximate surface area is 203 Å². The van der Waals surface area contributed by atoms with E-state index in [4.69, 9.17) is 14.2 Å². The Morgan fingerprint density at radius 3 is 2.41 bits per heavy atom. The van der Waals surface area contributed by atoms with Gasteiger partial charge in [0, 0.05) is 0 Å². The molecule has 4 aliphatic rings. The summed E-state index contributed by atoms with van der Waals surface area (Å²) >= 11 is -0.263. The second-order valence-electron chi connectivity index (χ2n) is 8.97. The summed E-state index contributed by atoms with van der Waals surface area (Å²) < 4.78 is 18.1. The van der Waals surface area contributed by atoms with Gasteiger partial charge in [-0.1, -0.05) is 0 Å². The number of nitrogens with zero attached hydrogens (tertiary/aromatic N) is 1. The zero-order chi connectivity index (χ0) is 23.8. The van der Waals surface area contributed by atoms with Crippen molar-refractivity contribution in [2.45, 2.75) is 12.0 Å². The number of ketones is 1. The SMILES string of the molecule is COC(=O)[C@]12C3C(=O)N4CCc5cc(OC)c(OC)cc5[C@@]41C=C([Se]c1ccccc1)C(=O)[C@@H]32. The number of methoxy groups -OCH3 is 3. The summed E-state index contributed by atoms with van der Waals surface area (Å²) in [7, 11) is 4.47. The van der Waals surface area contributed by atoms with Gasteiger partial charge >= 0.3 is 203 Å². The van der Waals surface area contributed by atoms with Crippen molar-refractivity contribution in [2.75, 3.05) is 27.9 Å². The second kappa shape index (κ2) is 7.20. The van der Waals surface area contributed by atoms with Crippen molar-refractivity contribution in [3.05, 3.63) is 64.1 Å². The molecule has 7 nitrogen and oxygen atoms in total. The molecule has 174 valence electrons. The van der Waals surface area contributed by atoms with E-state index >= 15 is 0 Å². The number of carbonyl (C=O) groups is 3.